The number of anilines is 1. The van der Waals surface area contributed by atoms with Crippen LogP contribution in [0.3, 0.4) is 0 Å². The van der Waals surface area contributed by atoms with Crippen molar-refractivity contribution in [1.82, 2.24) is 19.1 Å². The smallest absolute Gasteiger partial charge is 0.324 e. The van der Waals surface area contributed by atoms with E-state index in [1.807, 2.05) is 20.8 Å². The fourth-order valence-corrected chi connectivity index (χ4v) is 3.89. The van der Waals surface area contributed by atoms with Crippen LogP contribution < -0.4 is 16.6 Å². The summed E-state index contributed by atoms with van der Waals surface area (Å²) in [5, 5.41) is 14.0. The van der Waals surface area contributed by atoms with Crippen LogP contribution in [0.1, 0.15) is 26.6 Å². The Hall–Kier alpha value is -3.25. The molecule has 0 aliphatic heterocycles. The van der Waals surface area contributed by atoms with Crippen molar-refractivity contribution in [2.24, 2.45) is 14.1 Å². The van der Waals surface area contributed by atoms with Crippen molar-refractivity contribution in [3.05, 3.63) is 60.0 Å². The Kier molecular flexibility index (Phi) is 6.61. The van der Waals surface area contributed by atoms with E-state index in [9.17, 15) is 24.5 Å². The van der Waals surface area contributed by atoms with Gasteiger partial charge >= 0.3 is 5.69 Å². The molecule has 0 aliphatic carbocycles. The number of fused-ring (bicyclic) bond motifs is 1. The van der Waals surface area contributed by atoms with E-state index in [1.165, 1.54) is 30.8 Å². The molecule has 2 aromatic heterocycles. The SMILES string of the molecule is Cn1c(=O)c2c(SCC(=O)Nc3cc([N+](=O)[O-])ccc3Cl)nc(C(C)(C)C)nc2n(C)c1=O. The number of amides is 1. The molecule has 1 amide bonds. The lowest BCUT2D eigenvalue weighted by molar-refractivity contribution is -0.384. The molecule has 11 nitrogen and oxygen atoms in total. The Morgan fingerprint density at radius 3 is 2.48 bits per heavy atom. The zero-order valence-corrected chi connectivity index (χ0v) is 20.1. The summed E-state index contributed by atoms with van der Waals surface area (Å²) in [5.74, 6) is -0.267. The van der Waals surface area contributed by atoms with Crippen LogP contribution in [0, 0.1) is 10.1 Å². The van der Waals surface area contributed by atoms with Gasteiger partial charge in [-0.2, -0.15) is 0 Å². The van der Waals surface area contributed by atoms with Crippen LogP contribution in [0.5, 0.6) is 0 Å². The number of halogens is 1. The van der Waals surface area contributed by atoms with Gasteiger partial charge in [0.1, 0.15) is 16.2 Å². The van der Waals surface area contributed by atoms with Crippen LogP contribution in [0.2, 0.25) is 5.02 Å². The molecular formula is C20H21ClN6O5S. The van der Waals surface area contributed by atoms with Crippen LogP contribution in [0.25, 0.3) is 11.0 Å². The number of aromatic nitrogens is 4. The van der Waals surface area contributed by atoms with Crippen LogP contribution in [-0.4, -0.2) is 35.7 Å². The maximum absolute atomic E-state index is 12.8. The Labute approximate surface area is 197 Å². The molecule has 1 aromatic carbocycles. The maximum Gasteiger partial charge on any atom is 0.332 e. The number of nitro groups is 1. The van der Waals surface area contributed by atoms with Crippen LogP contribution in [0.4, 0.5) is 11.4 Å². The summed E-state index contributed by atoms with van der Waals surface area (Å²) >= 11 is 7.03. The number of non-ortho nitro benzene ring substituents is 1. The molecule has 0 saturated heterocycles. The third kappa shape index (κ3) is 4.91. The Morgan fingerprint density at radius 2 is 1.88 bits per heavy atom. The number of hydrogen-bond donors (Lipinski definition) is 1. The monoisotopic (exact) mass is 492 g/mol. The molecule has 174 valence electrons. The number of nitrogens with zero attached hydrogens (tertiary/aromatic N) is 5. The highest BCUT2D eigenvalue weighted by Gasteiger charge is 2.24. The number of aryl methyl sites for hydroxylation is 1. The number of nitro benzene ring substituents is 1. The second-order valence-electron chi connectivity index (χ2n) is 8.26. The quantitative estimate of drug-likeness (QED) is 0.248. The van der Waals surface area contributed by atoms with E-state index >= 15 is 0 Å². The second kappa shape index (κ2) is 8.94. The number of thioether (sulfide) groups is 1. The topological polar surface area (TPSA) is 142 Å². The summed E-state index contributed by atoms with van der Waals surface area (Å²) in [5.41, 5.74) is -1.54. The minimum atomic E-state index is -0.595. The predicted molar refractivity (Wildman–Crippen MR) is 126 cm³/mol. The predicted octanol–water partition coefficient (Wildman–Crippen LogP) is 2.62. The number of benzene rings is 1. The van der Waals surface area contributed by atoms with Gasteiger partial charge in [0, 0.05) is 31.6 Å². The van der Waals surface area contributed by atoms with Gasteiger partial charge in [-0.05, 0) is 6.07 Å². The maximum atomic E-state index is 12.8. The summed E-state index contributed by atoms with van der Waals surface area (Å²) in [6, 6.07) is 3.71. The molecule has 13 heteroatoms. The average molecular weight is 493 g/mol. The van der Waals surface area contributed by atoms with E-state index in [0.29, 0.717) is 5.82 Å². The molecule has 0 spiro atoms. The van der Waals surface area contributed by atoms with Crippen molar-refractivity contribution >= 4 is 51.7 Å². The van der Waals surface area contributed by atoms with Gasteiger partial charge in [-0.1, -0.05) is 44.1 Å². The van der Waals surface area contributed by atoms with Crippen molar-refractivity contribution in [3.8, 4) is 0 Å². The fraction of sp³-hybridized carbons (Fsp3) is 0.350. The zero-order valence-electron chi connectivity index (χ0n) is 18.5. The van der Waals surface area contributed by atoms with E-state index in [-0.39, 0.29) is 38.2 Å². The normalized spacial score (nSPS) is 11.6. The first-order valence-electron chi connectivity index (χ1n) is 9.66. The first kappa shape index (κ1) is 24.4. The Bertz CT molecular complexity index is 1410. The minimum absolute atomic E-state index is 0.0951. The molecule has 3 rings (SSSR count). The molecule has 1 N–H and O–H groups in total. The van der Waals surface area contributed by atoms with Gasteiger partial charge in [0.05, 0.1) is 21.4 Å². The highest BCUT2D eigenvalue weighted by atomic mass is 35.5. The molecule has 0 unspecified atom stereocenters. The van der Waals surface area contributed by atoms with Crippen LogP contribution >= 0.6 is 23.4 Å². The summed E-state index contributed by atoms with van der Waals surface area (Å²) in [7, 11) is 2.86. The van der Waals surface area contributed by atoms with Gasteiger partial charge in [-0.25, -0.2) is 14.8 Å². The number of nitrogens with one attached hydrogen (secondary N) is 1. The molecule has 0 radical (unpaired) electrons. The highest BCUT2D eigenvalue weighted by Crippen LogP contribution is 2.29. The minimum Gasteiger partial charge on any atom is -0.324 e. The largest absolute Gasteiger partial charge is 0.332 e. The van der Waals surface area contributed by atoms with Crippen molar-refractivity contribution in [1.29, 1.82) is 0 Å². The van der Waals surface area contributed by atoms with Gasteiger partial charge < -0.3 is 5.32 Å². The molecule has 2 heterocycles. The van der Waals surface area contributed by atoms with Crippen LogP contribution in [0.15, 0.2) is 32.8 Å². The molecule has 0 saturated carbocycles. The fourth-order valence-electron chi connectivity index (χ4n) is 2.91. The lowest BCUT2D eigenvalue weighted by atomic mass is 9.96. The zero-order chi connectivity index (χ0) is 24.7. The van der Waals surface area contributed by atoms with Gasteiger partial charge in [0.2, 0.25) is 5.91 Å². The summed E-state index contributed by atoms with van der Waals surface area (Å²) in [4.78, 5) is 57.1. The van der Waals surface area contributed by atoms with E-state index < -0.39 is 27.5 Å². The lowest BCUT2D eigenvalue weighted by Gasteiger charge is -2.19. The molecule has 0 aliphatic rings. The van der Waals surface area contributed by atoms with Gasteiger partial charge in [-0.3, -0.25) is 28.8 Å². The standard InChI is InChI=1S/C20H21ClN6O5S/c1-20(2,3)18-23-15-14(17(29)26(5)19(30)25(15)4)16(24-18)33-9-13(28)22-12-8-10(27(31)32)6-7-11(12)21/h6-8H,9H2,1-5H3,(H,22,28). The van der Waals surface area contributed by atoms with Gasteiger partial charge in [-0.15, -0.1) is 0 Å². The highest BCUT2D eigenvalue weighted by molar-refractivity contribution is 8.00. The number of carbonyl (C=O) groups excluding carboxylic acids is 1. The molecular weight excluding hydrogens is 472 g/mol. The third-order valence-electron chi connectivity index (χ3n) is 4.71. The van der Waals surface area contributed by atoms with Crippen molar-refractivity contribution in [3.63, 3.8) is 0 Å². The Balaban J connectivity index is 2.00. The van der Waals surface area contributed by atoms with E-state index in [2.05, 4.69) is 15.3 Å². The van der Waals surface area contributed by atoms with Crippen LogP contribution in [-0.2, 0) is 24.3 Å². The number of hydrogen-bond acceptors (Lipinski definition) is 8. The van der Waals surface area contributed by atoms with E-state index in [1.54, 1.807) is 0 Å². The second-order valence-corrected chi connectivity index (χ2v) is 9.64. The Morgan fingerprint density at radius 1 is 1.21 bits per heavy atom. The van der Waals surface area contributed by atoms with Gasteiger partial charge in [0.15, 0.2) is 5.65 Å². The van der Waals surface area contributed by atoms with Crippen molar-refractivity contribution in [2.45, 2.75) is 31.2 Å². The molecule has 0 fully saturated rings. The first-order chi connectivity index (χ1) is 15.3. The summed E-state index contributed by atoms with van der Waals surface area (Å²) < 4.78 is 2.22. The number of carbonyl (C=O) groups is 1. The summed E-state index contributed by atoms with van der Waals surface area (Å²) in [6.45, 7) is 5.66. The van der Waals surface area contributed by atoms with E-state index in [4.69, 9.17) is 11.6 Å². The third-order valence-corrected chi connectivity index (χ3v) is 6.02. The first-order valence-corrected chi connectivity index (χ1v) is 11.0. The lowest BCUT2D eigenvalue weighted by Crippen LogP contribution is -2.38. The van der Waals surface area contributed by atoms with Crippen molar-refractivity contribution < 1.29 is 9.72 Å². The molecule has 0 bridgehead atoms. The molecule has 3 aromatic rings. The van der Waals surface area contributed by atoms with Gasteiger partial charge in [0.25, 0.3) is 11.2 Å². The average Bonchev–Trinajstić information content (AvgIpc) is 2.74. The van der Waals surface area contributed by atoms with E-state index in [0.717, 1.165) is 22.4 Å². The molecule has 33 heavy (non-hydrogen) atoms. The summed E-state index contributed by atoms with van der Waals surface area (Å²) in [6.07, 6.45) is 0. The number of rotatable bonds is 5. The van der Waals surface area contributed by atoms with Crippen molar-refractivity contribution in [2.75, 3.05) is 11.1 Å². The molecule has 0 atom stereocenters.